The molecule has 3 rings (SSSR count). The third kappa shape index (κ3) is 3.48. The van der Waals surface area contributed by atoms with E-state index in [4.69, 9.17) is 16.3 Å². The number of aromatic nitrogens is 1. The Kier molecular flexibility index (Phi) is 4.75. The highest BCUT2D eigenvalue weighted by molar-refractivity contribution is 6.33. The molecular formula is C14H19ClN4O3. The molecule has 0 amide bonds. The molecule has 1 unspecified atom stereocenters. The Morgan fingerprint density at radius 1 is 1.41 bits per heavy atom. The minimum Gasteiger partial charge on any atom is -0.379 e. The first-order valence-electron chi connectivity index (χ1n) is 7.48. The van der Waals surface area contributed by atoms with Gasteiger partial charge in [-0.05, 0) is 12.3 Å². The molecule has 1 aromatic rings. The van der Waals surface area contributed by atoms with Gasteiger partial charge in [-0.2, -0.15) is 0 Å². The monoisotopic (exact) mass is 326 g/mol. The predicted octanol–water partition coefficient (Wildman–Crippen LogP) is 1.80. The Morgan fingerprint density at radius 2 is 2.18 bits per heavy atom. The lowest BCUT2D eigenvalue weighted by Gasteiger charge is -2.29. The van der Waals surface area contributed by atoms with Gasteiger partial charge in [-0.1, -0.05) is 11.6 Å². The van der Waals surface area contributed by atoms with Crippen molar-refractivity contribution in [2.45, 2.75) is 6.42 Å². The quantitative estimate of drug-likeness (QED) is 0.620. The first kappa shape index (κ1) is 15.5. The lowest BCUT2D eigenvalue weighted by atomic mass is 10.1. The fraction of sp³-hybridized carbons (Fsp3) is 0.643. The average Bonchev–Trinajstić information content (AvgIpc) is 2.96. The zero-order valence-electron chi connectivity index (χ0n) is 12.3. The Hall–Kier alpha value is -1.44. The number of nitrogens with zero attached hydrogens (tertiary/aromatic N) is 4. The second-order valence-electron chi connectivity index (χ2n) is 5.77. The highest BCUT2D eigenvalue weighted by Gasteiger charge is 2.27. The number of ether oxygens (including phenoxy) is 1. The van der Waals surface area contributed by atoms with Crippen molar-refractivity contribution < 1.29 is 9.66 Å². The molecular weight excluding hydrogens is 308 g/mol. The Labute approximate surface area is 134 Å². The van der Waals surface area contributed by atoms with Crippen molar-refractivity contribution in [3.8, 4) is 0 Å². The first-order valence-corrected chi connectivity index (χ1v) is 7.86. The van der Waals surface area contributed by atoms with E-state index in [1.165, 1.54) is 12.3 Å². The largest absolute Gasteiger partial charge is 0.379 e. The van der Waals surface area contributed by atoms with Gasteiger partial charge in [0.1, 0.15) is 12.0 Å². The van der Waals surface area contributed by atoms with Gasteiger partial charge in [0.2, 0.25) is 0 Å². The van der Waals surface area contributed by atoms with Crippen LogP contribution in [0.15, 0.2) is 12.3 Å². The van der Waals surface area contributed by atoms with Gasteiger partial charge in [0.15, 0.2) is 0 Å². The third-order valence-electron chi connectivity index (χ3n) is 4.22. The second-order valence-corrected chi connectivity index (χ2v) is 6.18. The number of anilines is 1. The van der Waals surface area contributed by atoms with Crippen LogP contribution in [0.25, 0.3) is 0 Å². The molecule has 2 aliphatic rings. The van der Waals surface area contributed by atoms with Gasteiger partial charge >= 0.3 is 0 Å². The van der Waals surface area contributed by atoms with E-state index in [9.17, 15) is 10.1 Å². The summed E-state index contributed by atoms with van der Waals surface area (Å²) >= 11 is 6.16. The molecule has 1 atom stereocenters. The Morgan fingerprint density at radius 3 is 2.86 bits per heavy atom. The van der Waals surface area contributed by atoms with Gasteiger partial charge in [0.05, 0.1) is 23.2 Å². The summed E-state index contributed by atoms with van der Waals surface area (Å²) in [5, 5.41) is 11.1. The summed E-state index contributed by atoms with van der Waals surface area (Å²) in [4.78, 5) is 19.0. The molecule has 8 heteroatoms. The number of nitro groups is 1. The van der Waals surface area contributed by atoms with Crippen LogP contribution in [0.2, 0.25) is 5.02 Å². The van der Waals surface area contributed by atoms with Crippen molar-refractivity contribution in [2.75, 3.05) is 50.8 Å². The van der Waals surface area contributed by atoms with Crippen LogP contribution >= 0.6 is 11.6 Å². The number of pyridine rings is 1. The van der Waals surface area contributed by atoms with Crippen molar-refractivity contribution in [3.05, 3.63) is 27.4 Å². The predicted molar refractivity (Wildman–Crippen MR) is 83.5 cm³/mol. The number of rotatable bonds is 4. The van der Waals surface area contributed by atoms with Crippen LogP contribution in [0.5, 0.6) is 0 Å². The maximum atomic E-state index is 10.7. The molecule has 1 aromatic heterocycles. The maximum absolute atomic E-state index is 10.7. The molecule has 7 nitrogen and oxygen atoms in total. The highest BCUT2D eigenvalue weighted by Crippen LogP contribution is 2.31. The smallest absolute Gasteiger partial charge is 0.289 e. The van der Waals surface area contributed by atoms with Crippen molar-refractivity contribution in [3.63, 3.8) is 0 Å². The zero-order valence-corrected chi connectivity index (χ0v) is 13.0. The van der Waals surface area contributed by atoms with Gasteiger partial charge in [0, 0.05) is 38.8 Å². The lowest BCUT2D eigenvalue weighted by molar-refractivity contribution is -0.385. The van der Waals surface area contributed by atoms with Crippen molar-refractivity contribution >= 4 is 23.1 Å². The SMILES string of the molecule is O=[N+]([O-])c1cnc(N2CCC(CN3CCOCC3)C2)c(Cl)c1. The zero-order chi connectivity index (χ0) is 15.5. The molecule has 0 saturated carbocycles. The minimum absolute atomic E-state index is 0.0715. The second kappa shape index (κ2) is 6.76. The Bertz CT molecular complexity index is 551. The van der Waals surface area contributed by atoms with E-state index >= 15 is 0 Å². The van der Waals surface area contributed by atoms with E-state index < -0.39 is 4.92 Å². The van der Waals surface area contributed by atoms with E-state index in [2.05, 4.69) is 14.8 Å². The molecule has 0 radical (unpaired) electrons. The average molecular weight is 327 g/mol. The normalized spacial score (nSPS) is 23.0. The van der Waals surface area contributed by atoms with Gasteiger partial charge in [0.25, 0.3) is 5.69 Å². The lowest BCUT2D eigenvalue weighted by Crippen LogP contribution is -2.39. The summed E-state index contributed by atoms with van der Waals surface area (Å²) in [5.74, 6) is 1.22. The van der Waals surface area contributed by atoms with Crippen LogP contribution in [0.3, 0.4) is 0 Å². The van der Waals surface area contributed by atoms with E-state index in [1.54, 1.807) is 0 Å². The summed E-state index contributed by atoms with van der Waals surface area (Å²) in [6.45, 7) is 6.45. The molecule has 2 fully saturated rings. The maximum Gasteiger partial charge on any atom is 0.289 e. The van der Waals surface area contributed by atoms with Crippen LogP contribution in [0.1, 0.15) is 6.42 Å². The Balaban J connectivity index is 1.61. The number of hydrogen-bond acceptors (Lipinski definition) is 6. The molecule has 120 valence electrons. The van der Waals surface area contributed by atoms with Gasteiger partial charge < -0.3 is 9.64 Å². The summed E-state index contributed by atoms with van der Waals surface area (Å²) in [7, 11) is 0. The van der Waals surface area contributed by atoms with Crippen molar-refractivity contribution in [1.29, 1.82) is 0 Å². The van der Waals surface area contributed by atoms with Gasteiger partial charge in [-0.3, -0.25) is 15.0 Å². The first-order chi connectivity index (χ1) is 10.6. The molecule has 3 heterocycles. The van der Waals surface area contributed by atoms with E-state index in [0.717, 1.165) is 52.4 Å². The topological polar surface area (TPSA) is 71.7 Å². The van der Waals surface area contributed by atoms with Crippen LogP contribution < -0.4 is 4.90 Å². The molecule has 2 saturated heterocycles. The van der Waals surface area contributed by atoms with Crippen LogP contribution in [0, 0.1) is 16.0 Å². The summed E-state index contributed by atoms with van der Waals surface area (Å²) in [6, 6.07) is 1.37. The number of hydrogen-bond donors (Lipinski definition) is 0. The standard InChI is InChI=1S/C14H19ClN4O3/c15-13-7-12(19(20)21)8-16-14(13)18-2-1-11(10-18)9-17-3-5-22-6-4-17/h7-8,11H,1-6,9-10H2. The minimum atomic E-state index is -0.478. The number of halogens is 1. The van der Waals surface area contributed by atoms with Crippen molar-refractivity contribution in [2.24, 2.45) is 5.92 Å². The fourth-order valence-corrected chi connectivity index (χ4v) is 3.36. The summed E-state index contributed by atoms with van der Waals surface area (Å²) in [6.07, 6.45) is 2.36. The molecule has 22 heavy (non-hydrogen) atoms. The molecule has 0 spiro atoms. The summed E-state index contributed by atoms with van der Waals surface area (Å²) in [5.41, 5.74) is -0.0715. The third-order valence-corrected chi connectivity index (χ3v) is 4.50. The molecule has 0 N–H and O–H groups in total. The van der Waals surface area contributed by atoms with Gasteiger partial charge in [-0.15, -0.1) is 0 Å². The molecule has 0 aromatic carbocycles. The van der Waals surface area contributed by atoms with E-state index in [0.29, 0.717) is 16.8 Å². The number of morpholine rings is 1. The molecule has 0 aliphatic carbocycles. The van der Waals surface area contributed by atoms with Crippen LogP contribution in [-0.2, 0) is 4.74 Å². The van der Waals surface area contributed by atoms with E-state index in [-0.39, 0.29) is 5.69 Å². The van der Waals surface area contributed by atoms with Crippen LogP contribution in [0.4, 0.5) is 11.5 Å². The fourth-order valence-electron chi connectivity index (χ4n) is 3.08. The van der Waals surface area contributed by atoms with Gasteiger partial charge in [-0.25, -0.2) is 4.98 Å². The van der Waals surface area contributed by atoms with Crippen LogP contribution in [-0.4, -0.2) is 60.7 Å². The van der Waals surface area contributed by atoms with Crippen molar-refractivity contribution in [1.82, 2.24) is 9.88 Å². The highest BCUT2D eigenvalue weighted by atomic mass is 35.5. The molecule has 0 bridgehead atoms. The molecule has 2 aliphatic heterocycles. The summed E-state index contributed by atoms with van der Waals surface area (Å²) < 4.78 is 5.37. The van der Waals surface area contributed by atoms with E-state index in [1.807, 2.05) is 0 Å².